The Kier molecular flexibility index (Phi) is 6.76. The summed E-state index contributed by atoms with van der Waals surface area (Å²) in [7, 11) is -1.93. The van der Waals surface area contributed by atoms with Crippen LogP contribution < -0.4 is 9.46 Å². The van der Waals surface area contributed by atoms with Crippen LogP contribution in [0.25, 0.3) is 0 Å². The second-order valence-corrected chi connectivity index (χ2v) is 7.26. The molecule has 130 valence electrons. The van der Waals surface area contributed by atoms with Crippen molar-refractivity contribution in [2.24, 2.45) is 5.92 Å². The molecule has 0 aliphatic carbocycles. The number of hydrogen-bond donors (Lipinski definition) is 1. The van der Waals surface area contributed by atoms with E-state index in [4.69, 9.17) is 9.47 Å². The average molecular weight is 346 g/mol. The molecule has 0 amide bonds. The number of rotatable bonds is 8. The molecule has 1 N–H and O–H groups in total. The Balaban J connectivity index is 1.78. The van der Waals surface area contributed by atoms with E-state index in [1.54, 1.807) is 19.2 Å². The molecule has 1 heterocycles. The van der Waals surface area contributed by atoms with Crippen molar-refractivity contribution in [3.05, 3.63) is 30.1 Å². The number of para-hydroxylation sites is 1. The maximum Gasteiger partial charge on any atom is 0.279 e. The van der Waals surface area contributed by atoms with Crippen LogP contribution in [0.1, 0.15) is 12.8 Å². The standard InChI is InChI=1S/C15H23FN2O4S/c1-21-12-13-5-4-9-18(11-13)23(19,20)17-8-10-22-15-7-3-2-6-14(15)16/h2-3,6-7,13,17H,4-5,8-12H2,1H3/t13-/m0/s1. The summed E-state index contributed by atoms with van der Waals surface area (Å²) in [6.07, 6.45) is 1.79. The Labute approximate surface area is 136 Å². The lowest BCUT2D eigenvalue weighted by molar-refractivity contribution is 0.118. The Morgan fingerprint density at radius 1 is 1.39 bits per heavy atom. The van der Waals surface area contributed by atoms with Crippen molar-refractivity contribution < 1.29 is 22.3 Å². The van der Waals surface area contributed by atoms with Gasteiger partial charge in [0.05, 0.1) is 6.61 Å². The second kappa shape index (κ2) is 8.58. The molecule has 0 radical (unpaired) electrons. The number of ether oxygens (including phenoxy) is 2. The molecule has 8 heteroatoms. The summed E-state index contributed by atoms with van der Waals surface area (Å²) in [4.78, 5) is 0. The second-order valence-electron chi connectivity index (χ2n) is 5.50. The van der Waals surface area contributed by atoms with Gasteiger partial charge >= 0.3 is 0 Å². The van der Waals surface area contributed by atoms with Crippen molar-refractivity contribution in [3.8, 4) is 5.75 Å². The van der Waals surface area contributed by atoms with E-state index < -0.39 is 16.0 Å². The molecule has 0 unspecified atom stereocenters. The van der Waals surface area contributed by atoms with Crippen LogP contribution in [-0.4, -0.2) is 52.7 Å². The Morgan fingerprint density at radius 3 is 2.91 bits per heavy atom. The highest BCUT2D eigenvalue weighted by Crippen LogP contribution is 2.19. The van der Waals surface area contributed by atoms with Crippen LogP contribution >= 0.6 is 0 Å². The van der Waals surface area contributed by atoms with Gasteiger partial charge in [-0.1, -0.05) is 12.1 Å². The van der Waals surface area contributed by atoms with Crippen LogP contribution in [0.4, 0.5) is 4.39 Å². The number of methoxy groups -OCH3 is 1. The van der Waals surface area contributed by atoms with E-state index in [1.807, 2.05) is 0 Å². The lowest BCUT2D eigenvalue weighted by Gasteiger charge is -2.31. The minimum absolute atomic E-state index is 0.0650. The summed E-state index contributed by atoms with van der Waals surface area (Å²) < 4.78 is 52.2. The van der Waals surface area contributed by atoms with E-state index in [9.17, 15) is 12.8 Å². The van der Waals surface area contributed by atoms with Crippen LogP contribution in [0.5, 0.6) is 5.75 Å². The van der Waals surface area contributed by atoms with E-state index in [1.165, 1.54) is 16.4 Å². The van der Waals surface area contributed by atoms with Crippen LogP contribution in [0.2, 0.25) is 0 Å². The molecule has 1 aromatic carbocycles. The number of hydrogen-bond acceptors (Lipinski definition) is 4. The predicted molar refractivity (Wildman–Crippen MR) is 85.0 cm³/mol. The maximum atomic E-state index is 13.4. The lowest BCUT2D eigenvalue weighted by atomic mass is 10.0. The summed E-state index contributed by atoms with van der Waals surface area (Å²) in [5.74, 6) is -0.126. The van der Waals surface area contributed by atoms with Crippen molar-refractivity contribution in [1.29, 1.82) is 0 Å². The minimum atomic E-state index is -3.55. The van der Waals surface area contributed by atoms with Gasteiger partial charge in [0.2, 0.25) is 0 Å². The maximum absolute atomic E-state index is 13.4. The fourth-order valence-electron chi connectivity index (χ4n) is 2.60. The molecule has 1 saturated heterocycles. The molecule has 23 heavy (non-hydrogen) atoms. The number of benzene rings is 1. The van der Waals surface area contributed by atoms with Gasteiger partial charge in [0.15, 0.2) is 11.6 Å². The Morgan fingerprint density at radius 2 is 2.17 bits per heavy atom. The molecule has 0 spiro atoms. The SMILES string of the molecule is COC[C@H]1CCCN(S(=O)(=O)NCCOc2ccccc2F)C1. The average Bonchev–Trinajstić information content (AvgIpc) is 2.54. The zero-order valence-corrected chi connectivity index (χ0v) is 14.0. The van der Waals surface area contributed by atoms with Gasteiger partial charge in [-0.3, -0.25) is 0 Å². The van der Waals surface area contributed by atoms with Gasteiger partial charge in [-0.2, -0.15) is 17.4 Å². The van der Waals surface area contributed by atoms with Crippen molar-refractivity contribution >= 4 is 10.2 Å². The molecule has 0 saturated carbocycles. The van der Waals surface area contributed by atoms with E-state index in [0.717, 1.165) is 12.8 Å². The number of nitrogens with one attached hydrogen (secondary N) is 1. The van der Waals surface area contributed by atoms with E-state index >= 15 is 0 Å². The van der Waals surface area contributed by atoms with E-state index in [0.29, 0.717) is 19.7 Å². The summed E-state index contributed by atoms with van der Waals surface area (Å²) in [6.45, 7) is 1.67. The van der Waals surface area contributed by atoms with Gasteiger partial charge in [0.25, 0.3) is 10.2 Å². The highest BCUT2D eigenvalue weighted by molar-refractivity contribution is 7.87. The topological polar surface area (TPSA) is 67.9 Å². The number of piperidine rings is 1. The van der Waals surface area contributed by atoms with Crippen LogP contribution in [-0.2, 0) is 14.9 Å². The highest BCUT2D eigenvalue weighted by atomic mass is 32.2. The van der Waals surface area contributed by atoms with E-state index in [2.05, 4.69) is 4.72 Å². The Bertz CT molecular complexity index is 595. The summed E-state index contributed by atoms with van der Waals surface area (Å²) in [6, 6.07) is 6.02. The molecule has 0 aromatic heterocycles. The van der Waals surface area contributed by atoms with Crippen molar-refractivity contribution in [2.45, 2.75) is 12.8 Å². The monoisotopic (exact) mass is 346 g/mol. The van der Waals surface area contributed by atoms with Gasteiger partial charge in [-0.25, -0.2) is 4.39 Å². The molecule has 0 bridgehead atoms. The third kappa shape index (κ3) is 5.42. The minimum Gasteiger partial charge on any atom is -0.489 e. The van der Waals surface area contributed by atoms with Gasteiger partial charge in [0.1, 0.15) is 6.61 Å². The third-order valence-electron chi connectivity index (χ3n) is 3.70. The normalized spacial score (nSPS) is 19.7. The van der Waals surface area contributed by atoms with Crippen LogP contribution in [0.15, 0.2) is 24.3 Å². The van der Waals surface area contributed by atoms with Gasteiger partial charge in [0, 0.05) is 26.7 Å². The first-order chi connectivity index (χ1) is 11.0. The van der Waals surface area contributed by atoms with E-state index in [-0.39, 0.29) is 24.8 Å². The molecular weight excluding hydrogens is 323 g/mol. The molecule has 2 rings (SSSR count). The number of nitrogens with zero attached hydrogens (tertiary/aromatic N) is 1. The fraction of sp³-hybridized carbons (Fsp3) is 0.600. The van der Waals surface area contributed by atoms with Crippen LogP contribution in [0, 0.1) is 11.7 Å². The molecule has 1 aliphatic heterocycles. The van der Waals surface area contributed by atoms with Crippen LogP contribution in [0.3, 0.4) is 0 Å². The van der Waals surface area contributed by atoms with Crippen molar-refractivity contribution in [3.63, 3.8) is 0 Å². The third-order valence-corrected chi connectivity index (χ3v) is 5.29. The molecule has 1 fully saturated rings. The summed E-state index contributed by atoms with van der Waals surface area (Å²) in [5.41, 5.74) is 0. The molecule has 1 aromatic rings. The molecule has 1 atom stereocenters. The van der Waals surface area contributed by atoms with Gasteiger partial charge < -0.3 is 9.47 Å². The zero-order valence-electron chi connectivity index (χ0n) is 13.2. The first-order valence-corrected chi connectivity index (χ1v) is 9.08. The fourth-order valence-corrected chi connectivity index (χ4v) is 3.90. The highest BCUT2D eigenvalue weighted by Gasteiger charge is 2.28. The zero-order chi connectivity index (χ0) is 16.7. The van der Waals surface area contributed by atoms with Crippen molar-refractivity contribution in [1.82, 2.24) is 9.03 Å². The Hall–Kier alpha value is -1.22. The number of halogens is 1. The summed E-state index contributed by atoms with van der Waals surface area (Å²) in [5, 5.41) is 0. The van der Waals surface area contributed by atoms with Crippen molar-refractivity contribution in [2.75, 3.05) is 40.0 Å². The molecule has 1 aliphatic rings. The van der Waals surface area contributed by atoms with Gasteiger partial charge in [-0.15, -0.1) is 0 Å². The predicted octanol–water partition coefficient (Wildman–Crippen LogP) is 1.40. The molecular formula is C15H23FN2O4S. The first kappa shape index (κ1) is 18.1. The quantitative estimate of drug-likeness (QED) is 0.723. The van der Waals surface area contributed by atoms with Gasteiger partial charge in [-0.05, 0) is 30.9 Å². The smallest absolute Gasteiger partial charge is 0.279 e. The summed E-state index contributed by atoms with van der Waals surface area (Å²) >= 11 is 0. The first-order valence-electron chi connectivity index (χ1n) is 7.64. The lowest BCUT2D eigenvalue weighted by Crippen LogP contribution is -2.47. The largest absolute Gasteiger partial charge is 0.489 e. The molecule has 6 nitrogen and oxygen atoms in total.